The summed E-state index contributed by atoms with van der Waals surface area (Å²) in [6.07, 6.45) is -1.73. The van der Waals surface area contributed by atoms with Crippen molar-refractivity contribution in [3.63, 3.8) is 0 Å². The first-order valence-corrected chi connectivity index (χ1v) is 5.18. The van der Waals surface area contributed by atoms with Gasteiger partial charge in [0.25, 0.3) is 0 Å². The molecule has 0 unspecified atom stereocenters. The Hall–Kier alpha value is -1.56. The van der Waals surface area contributed by atoms with E-state index in [1.54, 1.807) is 12.1 Å². The normalized spacial score (nSPS) is 11.8. The molecule has 2 aromatic rings. The van der Waals surface area contributed by atoms with Crippen LogP contribution in [0.15, 0.2) is 30.6 Å². The van der Waals surface area contributed by atoms with E-state index in [9.17, 15) is 13.2 Å². The quantitative estimate of drug-likeness (QED) is 0.778. The van der Waals surface area contributed by atoms with Crippen LogP contribution in [0, 0.1) is 0 Å². The van der Waals surface area contributed by atoms with Gasteiger partial charge in [0.2, 0.25) is 0 Å². The Morgan fingerprint density at radius 2 is 2.00 bits per heavy atom. The van der Waals surface area contributed by atoms with Crippen molar-refractivity contribution in [1.29, 1.82) is 0 Å². The molecular weight excluding hydrogens is 255 g/mol. The minimum atomic E-state index is -4.44. The SMILES string of the molecule is FC(F)(F)c1ccn(-c2ccc(CCl)cn2)n1. The molecule has 7 heteroatoms. The Morgan fingerprint density at radius 1 is 1.24 bits per heavy atom. The average Bonchev–Trinajstić information content (AvgIpc) is 2.78. The van der Waals surface area contributed by atoms with Crippen LogP contribution in [0.4, 0.5) is 13.2 Å². The number of rotatable bonds is 2. The highest BCUT2D eigenvalue weighted by molar-refractivity contribution is 6.17. The highest BCUT2D eigenvalue weighted by atomic mass is 35.5. The lowest BCUT2D eigenvalue weighted by molar-refractivity contribution is -0.141. The van der Waals surface area contributed by atoms with Crippen LogP contribution in [0.5, 0.6) is 0 Å². The Bertz CT molecular complexity index is 504. The molecule has 0 saturated carbocycles. The number of hydrogen-bond acceptors (Lipinski definition) is 2. The van der Waals surface area contributed by atoms with Crippen molar-refractivity contribution in [2.45, 2.75) is 12.1 Å². The molecule has 0 amide bonds. The third-order valence-electron chi connectivity index (χ3n) is 2.08. The Balaban J connectivity index is 2.30. The van der Waals surface area contributed by atoms with E-state index in [2.05, 4.69) is 10.1 Å². The number of nitrogens with zero attached hydrogens (tertiary/aromatic N) is 3. The Kier molecular flexibility index (Phi) is 3.06. The zero-order chi connectivity index (χ0) is 12.5. The molecule has 0 spiro atoms. The summed E-state index contributed by atoms with van der Waals surface area (Å²) in [5, 5.41) is 3.40. The summed E-state index contributed by atoms with van der Waals surface area (Å²) in [5.41, 5.74) is -0.153. The van der Waals surface area contributed by atoms with Crippen LogP contribution in [-0.2, 0) is 12.1 Å². The van der Waals surface area contributed by atoms with Crippen molar-refractivity contribution in [3.05, 3.63) is 41.9 Å². The second kappa shape index (κ2) is 4.37. The summed E-state index contributed by atoms with van der Waals surface area (Å²) in [4.78, 5) is 3.96. The second-order valence-electron chi connectivity index (χ2n) is 3.30. The number of pyridine rings is 1. The van der Waals surface area contributed by atoms with E-state index in [0.29, 0.717) is 11.7 Å². The molecule has 0 atom stereocenters. The van der Waals surface area contributed by atoms with Gasteiger partial charge in [-0.1, -0.05) is 6.07 Å². The molecule has 90 valence electrons. The predicted octanol–water partition coefficient (Wildman–Crippen LogP) is 3.02. The topological polar surface area (TPSA) is 30.7 Å². The van der Waals surface area contributed by atoms with Crippen LogP contribution < -0.4 is 0 Å². The third-order valence-corrected chi connectivity index (χ3v) is 2.39. The monoisotopic (exact) mass is 261 g/mol. The maximum absolute atomic E-state index is 12.3. The molecule has 0 saturated heterocycles. The summed E-state index contributed by atoms with van der Waals surface area (Å²) in [6, 6.07) is 4.15. The number of aromatic nitrogens is 3. The van der Waals surface area contributed by atoms with Gasteiger partial charge in [-0.15, -0.1) is 11.6 Å². The summed E-state index contributed by atoms with van der Waals surface area (Å²) < 4.78 is 38.0. The minimum absolute atomic E-state index is 0.306. The molecule has 0 aromatic carbocycles. The maximum atomic E-state index is 12.3. The van der Waals surface area contributed by atoms with Gasteiger partial charge in [0.1, 0.15) is 0 Å². The van der Waals surface area contributed by atoms with E-state index in [1.165, 1.54) is 12.4 Å². The highest BCUT2D eigenvalue weighted by Crippen LogP contribution is 2.27. The van der Waals surface area contributed by atoms with Crippen LogP contribution in [-0.4, -0.2) is 14.8 Å². The summed E-state index contributed by atoms with van der Waals surface area (Å²) >= 11 is 5.58. The van der Waals surface area contributed by atoms with Crippen LogP contribution in [0.3, 0.4) is 0 Å². The number of alkyl halides is 4. The molecule has 2 heterocycles. The van der Waals surface area contributed by atoms with Gasteiger partial charge in [-0.05, 0) is 17.7 Å². The van der Waals surface area contributed by atoms with Crippen molar-refractivity contribution in [1.82, 2.24) is 14.8 Å². The molecule has 0 aliphatic rings. The molecule has 3 nitrogen and oxygen atoms in total. The second-order valence-corrected chi connectivity index (χ2v) is 3.57. The van der Waals surface area contributed by atoms with Crippen molar-refractivity contribution < 1.29 is 13.2 Å². The lowest BCUT2D eigenvalue weighted by atomic mass is 10.3. The maximum Gasteiger partial charge on any atom is 0.435 e. The predicted molar refractivity (Wildman–Crippen MR) is 55.9 cm³/mol. The number of halogens is 4. The zero-order valence-electron chi connectivity index (χ0n) is 8.45. The van der Waals surface area contributed by atoms with Gasteiger partial charge in [-0.3, -0.25) is 0 Å². The van der Waals surface area contributed by atoms with Crippen molar-refractivity contribution >= 4 is 11.6 Å². The molecule has 0 radical (unpaired) electrons. The Morgan fingerprint density at radius 3 is 2.47 bits per heavy atom. The summed E-state index contributed by atoms with van der Waals surface area (Å²) in [6.45, 7) is 0. The van der Waals surface area contributed by atoms with Crippen molar-refractivity contribution in [3.8, 4) is 5.82 Å². The lowest BCUT2D eigenvalue weighted by Gasteiger charge is -2.02. The first-order chi connectivity index (χ1) is 8.00. The van der Waals surface area contributed by atoms with Crippen LogP contribution >= 0.6 is 11.6 Å². The zero-order valence-corrected chi connectivity index (χ0v) is 9.20. The molecule has 17 heavy (non-hydrogen) atoms. The molecule has 0 N–H and O–H groups in total. The fourth-order valence-corrected chi connectivity index (χ4v) is 1.39. The van der Waals surface area contributed by atoms with Gasteiger partial charge in [-0.25, -0.2) is 9.67 Å². The minimum Gasteiger partial charge on any atom is -0.237 e. The van der Waals surface area contributed by atoms with E-state index in [-0.39, 0.29) is 0 Å². The molecule has 0 aliphatic carbocycles. The van der Waals surface area contributed by atoms with E-state index < -0.39 is 11.9 Å². The molecule has 0 fully saturated rings. The Labute approximate surface area is 99.8 Å². The first-order valence-electron chi connectivity index (χ1n) is 4.65. The van der Waals surface area contributed by atoms with Gasteiger partial charge in [0, 0.05) is 18.3 Å². The number of hydrogen-bond donors (Lipinski definition) is 0. The molecule has 0 aliphatic heterocycles. The summed E-state index contributed by atoms with van der Waals surface area (Å²) in [7, 11) is 0. The molecular formula is C10H7ClF3N3. The fraction of sp³-hybridized carbons (Fsp3) is 0.200. The molecule has 0 bridgehead atoms. The van der Waals surface area contributed by atoms with E-state index >= 15 is 0 Å². The van der Waals surface area contributed by atoms with Gasteiger partial charge >= 0.3 is 6.18 Å². The van der Waals surface area contributed by atoms with E-state index in [0.717, 1.165) is 16.3 Å². The standard InChI is InChI=1S/C10H7ClF3N3/c11-5-7-1-2-9(15-6-7)17-4-3-8(16-17)10(12,13)14/h1-4,6H,5H2. The first kappa shape index (κ1) is 11.9. The third kappa shape index (κ3) is 2.58. The summed E-state index contributed by atoms with van der Waals surface area (Å²) in [5.74, 6) is 0.620. The largest absolute Gasteiger partial charge is 0.435 e. The van der Waals surface area contributed by atoms with Gasteiger partial charge in [0.15, 0.2) is 11.5 Å². The lowest BCUT2D eigenvalue weighted by Crippen LogP contribution is -2.07. The van der Waals surface area contributed by atoms with Gasteiger partial charge < -0.3 is 0 Å². The fourth-order valence-electron chi connectivity index (χ4n) is 1.23. The van der Waals surface area contributed by atoms with Crippen LogP contribution in [0.25, 0.3) is 5.82 Å². The van der Waals surface area contributed by atoms with Crippen LogP contribution in [0.2, 0.25) is 0 Å². The smallest absolute Gasteiger partial charge is 0.237 e. The average molecular weight is 262 g/mol. The molecule has 2 aromatic heterocycles. The molecule has 2 rings (SSSR count). The highest BCUT2D eigenvalue weighted by Gasteiger charge is 2.33. The van der Waals surface area contributed by atoms with E-state index in [1.807, 2.05) is 0 Å². The van der Waals surface area contributed by atoms with E-state index in [4.69, 9.17) is 11.6 Å². The van der Waals surface area contributed by atoms with Crippen molar-refractivity contribution in [2.75, 3.05) is 0 Å². The van der Waals surface area contributed by atoms with Gasteiger partial charge in [0.05, 0.1) is 0 Å². The van der Waals surface area contributed by atoms with Gasteiger partial charge in [-0.2, -0.15) is 18.3 Å². The van der Waals surface area contributed by atoms with Crippen LogP contribution in [0.1, 0.15) is 11.3 Å². The van der Waals surface area contributed by atoms with Crippen molar-refractivity contribution in [2.24, 2.45) is 0 Å².